The van der Waals surface area contributed by atoms with Crippen LogP contribution in [0.25, 0.3) is 17.2 Å². The van der Waals surface area contributed by atoms with E-state index in [0.717, 1.165) is 54.2 Å². The van der Waals surface area contributed by atoms with Gasteiger partial charge in [-0.1, -0.05) is 54.6 Å². The van der Waals surface area contributed by atoms with Crippen LogP contribution >= 0.6 is 11.6 Å². The van der Waals surface area contributed by atoms with E-state index < -0.39 is 0 Å². The normalized spacial score (nSPS) is 14.4. The highest BCUT2D eigenvalue weighted by Crippen LogP contribution is 2.36. The molecular weight excluding hydrogens is 408 g/mol. The molecule has 7 heteroatoms. The van der Waals surface area contributed by atoms with Gasteiger partial charge in [0.05, 0.1) is 11.4 Å². The van der Waals surface area contributed by atoms with E-state index in [2.05, 4.69) is 86.5 Å². The number of benzene rings is 2. The third kappa shape index (κ3) is 4.65. The largest absolute Gasteiger partial charge is 0.383 e. The molecule has 0 amide bonds. The van der Waals surface area contributed by atoms with E-state index in [1.807, 2.05) is 13.1 Å². The highest BCUT2D eigenvalue weighted by Gasteiger charge is 2.19. The average Bonchev–Trinajstić information content (AvgIpc) is 2.80. The highest BCUT2D eigenvalue weighted by atomic mass is 35.5. The van der Waals surface area contributed by atoms with Crippen molar-refractivity contribution in [1.29, 1.82) is 0 Å². The van der Waals surface area contributed by atoms with Crippen molar-refractivity contribution in [3.63, 3.8) is 0 Å². The summed E-state index contributed by atoms with van der Waals surface area (Å²) < 4.78 is 0. The molecule has 0 unspecified atom stereocenters. The fourth-order valence-electron chi connectivity index (χ4n) is 3.76. The molecule has 160 valence electrons. The first-order valence-corrected chi connectivity index (χ1v) is 10.7. The van der Waals surface area contributed by atoms with Gasteiger partial charge in [-0.05, 0) is 35.9 Å². The molecule has 2 aromatic carbocycles. The van der Waals surface area contributed by atoms with Crippen molar-refractivity contribution in [2.24, 2.45) is 0 Å². The molecule has 0 saturated carbocycles. The van der Waals surface area contributed by atoms with Gasteiger partial charge in [0.25, 0.3) is 0 Å². The SMILES string of the molecule is C=Cc1ccc(-c2ccc(N3CCN(C)CC3)c(Nc3ncnc(Cl)c3NC)c2)cc1. The Morgan fingerprint density at radius 2 is 1.71 bits per heavy atom. The molecule has 4 rings (SSSR count). The van der Waals surface area contributed by atoms with Crippen LogP contribution in [-0.4, -0.2) is 55.1 Å². The number of nitrogens with zero attached hydrogens (tertiary/aromatic N) is 4. The van der Waals surface area contributed by atoms with Gasteiger partial charge in [-0.3, -0.25) is 0 Å². The van der Waals surface area contributed by atoms with Crippen LogP contribution in [0.3, 0.4) is 0 Å². The minimum Gasteiger partial charge on any atom is -0.383 e. The van der Waals surface area contributed by atoms with Crippen molar-refractivity contribution in [2.45, 2.75) is 0 Å². The Bertz CT molecular complexity index is 1060. The van der Waals surface area contributed by atoms with E-state index in [1.165, 1.54) is 6.33 Å². The predicted molar refractivity (Wildman–Crippen MR) is 132 cm³/mol. The molecule has 2 heterocycles. The van der Waals surface area contributed by atoms with Gasteiger partial charge in [-0.25, -0.2) is 9.97 Å². The van der Waals surface area contributed by atoms with Gasteiger partial charge >= 0.3 is 0 Å². The van der Waals surface area contributed by atoms with E-state index in [-0.39, 0.29) is 0 Å². The fraction of sp³-hybridized carbons (Fsp3) is 0.250. The zero-order chi connectivity index (χ0) is 21.8. The first kappa shape index (κ1) is 21.2. The molecule has 31 heavy (non-hydrogen) atoms. The number of likely N-dealkylation sites (N-methyl/N-ethyl adjacent to an activating group) is 1. The lowest BCUT2D eigenvalue weighted by Crippen LogP contribution is -2.44. The Morgan fingerprint density at radius 1 is 1.00 bits per heavy atom. The molecule has 3 aromatic rings. The minimum atomic E-state index is 0.386. The summed E-state index contributed by atoms with van der Waals surface area (Å²) in [6, 6.07) is 14.9. The zero-order valence-electron chi connectivity index (χ0n) is 17.9. The summed E-state index contributed by atoms with van der Waals surface area (Å²) in [6.07, 6.45) is 3.32. The van der Waals surface area contributed by atoms with E-state index in [0.29, 0.717) is 16.7 Å². The molecule has 1 aromatic heterocycles. The van der Waals surface area contributed by atoms with Crippen molar-refractivity contribution >= 4 is 40.6 Å². The van der Waals surface area contributed by atoms with E-state index >= 15 is 0 Å². The van der Waals surface area contributed by atoms with Crippen LogP contribution in [0, 0.1) is 0 Å². The molecule has 1 fully saturated rings. The van der Waals surface area contributed by atoms with Gasteiger partial charge in [-0.2, -0.15) is 0 Å². The lowest BCUT2D eigenvalue weighted by molar-refractivity contribution is 0.313. The Hall–Kier alpha value is -3.09. The lowest BCUT2D eigenvalue weighted by Gasteiger charge is -2.35. The molecule has 0 bridgehead atoms. The molecule has 1 aliphatic heterocycles. The number of hydrogen-bond acceptors (Lipinski definition) is 6. The van der Waals surface area contributed by atoms with Crippen LogP contribution in [0.4, 0.5) is 22.9 Å². The molecule has 1 aliphatic rings. The average molecular weight is 435 g/mol. The van der Waals surface area contributed by atoms with Crippen molar-refractivity contribution in [3.8, 4) is 11.1 Å². The van der Waals surface area contributed by atoms with Gasteiger partial charge in [0.15, 0.2) is 11.0 Å². The third-order valence-electron chi connectivity index (χ3n) is 5.62. The third-order valence-corrected chi connectivity index (χ3v) is 5.91. The van der Waals surface area contributed by atoms with E-state index in [9.17, 15) is 0 Å². The van der Waals surface area contributed by atoms with Crippen LogP contribution in [0.5, 0.6) is 0 Å². The van der Waals surface area contributed by atoms with Crippen LogP contribution < -0.4 is 15.5 Å². The topological polar surface area (TPSA) is 56.3 Å². The van der Waals surface area contributed by atoms with Crippen molar-refractivity contribution in [1.82, 2.24) is 14.9 Å². The Kier molecular flexibility index (Phi) is 6.39. The quantitative estimate of drug-likeness (QED) is 0.534. The smallest absolute Gasteiger partial charge is 0.158 e. The molecule has 6 nitrogen and oxygen atoms in total. The number of aromatic nitrogens is 2. The summed E-state index contributed by atoms with van der Waals surface area (Å²) >= 11 is 6.28. The first-order chi connectivity index (χ1) is 15.1. The van der Waals surface area contributed by atoms with Crippen LogP contribution in [-0.2, 0) is 0 Å². The number of piperazine rings is 1. The summed E-state index contributed by atoms with van der Waals surface area (Å²) in [6.45, 7) is 7.85. The van der Waals surface area contributed by atoms with Crippen LogP contribution in [0.2, 0.25) is 5.15 Å². The first-order valence-electron chi connectivity index (χ1n) is 10.3. The molecule has 1 saturated heterocycles. The summed E-state index contributed by atoms with van der Waals surface area (Å²) in [5.41, 5.74) is 6.19. The van der Waals surface area contributed by atoms with E-state index in [4.69, 9.17) is 11.6 Å². The van der Waals surface area contributed by atoms with Gasteiger partial charge in [0, 0.05) is 33.2 Å². The molecule has 0 radical (unpaired) electrons. The molecular formula is C24H27ClN6. The maximum Gasteiger partial charge on any atom is 0.158 e. The summed E-state index contributed by atoms with van der Waals surface area (Å²) in [5.74, 6) is 0.650. The van der Waals surface area contributed by atoms with Crippen molar-refractivity contribution < 1.29 is 0 Å². The van der Waals surface area contributed by atoms with Gasteiger partial charge in [0.1, 0.15) is 12.0 Å². The molecule has 0 spiro atoms. The summed E-state index contributed by atoms with van der Waals surface area (Å²) in [7, 11) is 3.98. The second kappa shape index (κ2) is 9.37. The number of halogens is 1. The second-order valence-corrected chi connectivity index (χ2v) is 7.97. The van der Waals surface area contributed by atoms with Crippen LogP contribution in [0.1, 0.15) is 5.56 Å². The van der Waals surface area contributed by atoms with Gasteiger partial charge in [-0.15, -0.1) is 0 Å². The van der Waals surface area contributed by atoms with Crippen molar-refractivity contribution in [2.75, 3.05) is 55.8 Å². The fourth-order valence-corrected chi connectivity index (χ4v) is 3.99. The summed E-state index contributed by atoms with van der Waals surface area (Å²) in [4.78, 5) is 13.3. The van der Waals surface area contributed by atoms with E-state index in [1.54, 1.807) is 0 Å². The second-order valence-electron chi connectivity index (χ2n) is 7.61. The lowest BCUT2D eigenvalue weighted by atomic mass is 10.0. The number of anilines is 4. The van der Waals surface area contributed by atoms with Gasteiger partial charge < -0.3 is 20.4 Å². The molecule has 0 atom stereocenters. The molecule has 0 aliphatic carbocycles. The predicted octanol–water partition coefficient (Wildman–Crippen LogP) is 4.98. The Balaban J connectivity index is 1.74. The minimum absolute atomic E-state index is 0.386. The standard InChI is InChI=1S/C24H27ClN6/c1-4-17-5-7-18(8-6-17)19-9-10-21(31-13-11-30(3)12-14-31)20(15-19)29-24-22(26-2)23(25)27-16-28-24/h4-10,15-16,26H,1,11-14H2,2-3H3,(H,27,28,29). The maximum absolute atomic E-state index is 6.28. The zero-order valence-corrected chi connectivity index (χ0v) is 18.7. The number of hydrogen-bond donors (Lipinski definition) is 2. The highest BCUT2D eigenvalue weighted by molar-refractivity contribution is 6.32. The maximum atomic E-state index is 6.28. The Morgan fingerprint density at radius 3 is 2.39 bits per heavy atom. The van der Waals surface area contributed by atoms with Crippen molar-refractivity contribution in [3.05, 3.63) is 66.1 Å². The Labute approximate surface area is 188 Å². The summed E-state index contributed by atoms with van der Waals surface area (Å²) in [5, 5.41) is 6.99. The van der Waals surface area contributed by atoms with Crippen LogP contribution in [0.15, 0.2) is 55.4 Å². The monoisotopic (exact) mass is 434 g/mol. The number of nitrogens with one attached hydrogen (secondary N) is 2. The van der Waals surface area contributed by atoms with Gasteiger partial charge in [0.2, 0.25) is 0 Å². The molecule has 2 N–H and O–H groups in total. The number of rotatable bonds is 6.